The predicted octanol–water partition coefficient (Wildman–Crippen LogP) is 1.18. The van der Waals surface area contributed by atoms with Crippen molar-refractivity contribution >= 4 is 5.91 Å². The Bertz CT molecular complexity index is 445. The second kappa shape index (κ2) is 5.40. The van der Waals surface area contributed by atoms with E-state index >= 15 is 0 Å². The maximum absolute atomic E-state index is 11.5. The van der Waals surface area contributed by atoms with Gasteiger partial charge in [0, 0.05) is 25.9 Å². The summed E-state index contributed by atoms with van der Waals surface area (Å²) in [6.07, 6.45) is 0.808. The molecule has 1 aliphatic heterocycles. The first-order valence-corrected chi connectivity index (χ1v) is 6.19. The van der Waals surface area contributed by atoms with Gasteiger partial charge in [-0.3, -0.25) is 4.79 Å². The maximum atomic E-state index is 11.5. The second-order valence-electron chi connectivity index (χ2n) is 4.66. The van der Waals surface area contributed by atoms with Crippen LogP contribution in [0.2, 0.25) is 0 Å². The van der Waals surface area contributed by atoms with Gasteiger partial charge in [-0.2, -0.15) is 0 Å². The predicted molar refractivity (Wildman–Crippen MR) is 68.8 cm³/mol. The Labute approximate surface area is 107 Å². The number of carbonyl (C=O) groups excluding carboxylic acids is 1. The van der Waals surface area contributed by atoms with E-state index in [0.29, 0.717) is 13.1 Å². The van der Waals surface area contributed by atoms with Gasteiger partial charge in [0.05, 0.1) is 13.7 Å². The Hall–Kier alpha value is -1.55. The standard InChI is InChI=1S/C14H19NO3/c1-10(17)15-6-5-11-7-13(18-2)3-4-14(11)12(8-15)9-16/h3-4,7,12,16H,5-6,8-9H2,1-2H3. The highest BCUT2D eigenvalue weighted by molar-refractivity contribution is 5.73. The van der Waals surface area contributed by atoms with Gasteiger partial charge in [-0.05, 0) is 29.7 Å². The number of rotatable bonds is 2. The van der Waals surface area contributed by atoms with Crippen molar-refractivity contribution in [3.8, 4) is 5.75 Å². The molecule has 1 unspecified atom stereocenters. The number of amides is 1. The van der Waals surface area contributed by atoms with E-state index in [1.807, 2.05) is 18.2 Å². The van der Waals surface area contributed by atoms with Crippen LogP contribution in [0.15, 0.2) is 18.2 Å². The molecule has 98 valence electrons. The third-order valence-electron chi connectivity index (χ3n) is 3.55. The summed E-state index contributed by atoms with van der Waals surface area (Å²) in [6.45, 7) is 2.92. The zero-order valence-corrected chi connectivity index (χ0v) is 10.8. The van der Waals surface area contributed by atoms with Gasteiger partial charge >= 0.3 is 0 Å². The summed E-state index contributed by atoms with van der Waals surface area (Å²) < 4.78 is 5.22. The molecule has 4 heteroatoms. The molecule has 0 aliphatic carbocycles. The first-order chi connectivity index (χ1) is 8.65. The topological polar surface area (TPSA) is 49.8 Å². The molecule has 1 N–H and O–H groups in total. The van der Waals surface area contributed by atoms with Gasteiger partial charge in [0.2, 0.25) is 5.91 Å². The van der Waals surface area contributed by atoms with Gasteiger partial charge in [-0.15, -0.1) is 0 Å². The van der Waals surface area contributed by atoms with E-state index < -0.39 is 0 Å². The summed E-state index contributed by atoms with van der Waals surface area (Å²) >= 11 is 0. The average molecular weight is 249 g/mol. The molecule has 0 spiro atoms. The van der Waals surface area contributed by atoms with Crippen molar-refractivity contribution in [3.05, 3.63) is 29.3 Å². The Morgan fingerprint density at radius 2 is 2.33 bits per heavy atom. The number of hydrogen-bond donors (Lipinski definition) is 1. The average Bonchev–Trinajstić information content (AvgIpc) is 2.57. The van der Waals surface area contributed by atoms with Crippen LogP contribution >= 0.6 is 0 Å². The molecule has 1 aromatic rings. The zero-order valence-electron chi connectivity index (χ0n) is 10.8. The van der Waals surface area contributed by atoms with Crippen LogP contribution < -0.4 is 4.74 Å². The number of benzene rings is 1. The van der Waals surface area contributed by atoms with Crippen LogP contribution in [-0.4, -0.2) is 42.7 Å². The third kappa shape index (κ3) is 2.48. The van der Waals surface area contributed by atoms with Crippen molar-refractivity contribution in [1.82, 2.24) is 4.90 Å². The van der Waals surface area contributed by atoms with Crippen LogP contribution in [0.25, 0.3) is 0 Å². The summed E-state index contributed by atoms with van der Waals surface area (Å²) in [5, 5.41) is 9.52. The van der Waals surface area contributed by atoms with Crippen LogP contribution in [0, 0.1) is 0 Å². The molecule has 2 rings (SSSR count). The highest BCUT2D eigenvalue weighted by atomic mass is 16.5. The van der Waals surface area contributed by atoms with E-state index in [4.69, 9.17) is 4.74 Å². The number of ether oxygens (including phenoxy) is 1. The fourth-order valence-electron chi connectivity index (χ4n) is 2.48. The molecule has 0 radical (unpaired) electrons. The van der Waals surface area contributed by atoms with Gasteiger partial charge < -0.3 is 14.7 Å². The smallest absolute Gasteiger partial charge is 0.219 e. The van der Waals surface area contributed by atoms with Gasteiger partial charge in [-0.1, -0.05) is 6.07 Å². The van der Waals surface area contributed by atoms with E-state index in [0.717, 1.165) is 23.3 Å². The molecule has 0 saturated heterocycles. The minimum absolute atomic E-state index is 0.00249. The summed E-state index contributed by atoms with van der Waals surface area (Å²) in [5.74, 6) is 0.882. The quantitative estimate of drug-likeness (QED) is 0.856. The molecular formula is C14H19NO3. The minimum atomic E-state index is -0.00249. The highest BCUT2D eigenvalue weighted by Gasteiger charge is 2.24. The number of methoxy groups -OCH3 is 1. The molecule has 4 nitrogen and oxygen atoms in total. The Morgan fingerprint density at radius 1 is 1.56 bits per heavy atom. The van der Waals surface area contributed by atoms with Crippen molar-refractivity contribution < 1.29 is 14.6 Å². The van der Waals surface area contributed by atoms with Crippen LogP contribution in [0.1, 0.15) is 24.0 Å². The lowest BCUT2D eigenvalue weighted by atomic mass is 9.94. The normalized spacial score (nSPS) is 19.1. The first-order valence-electron chi connectivity index (χ1n) is 6.19. The lowest BCUT2D eigenvalue weighted by Gasteiger charge is -2.22. The molecule has 1 aromatic carbocycles. The van der Waals surface area contributed by atoms with E-state index in [1.54, 1.807) is 18.9 Å². The molecule has 18 heavy (non-hydrogen) atoms. The fraction of sp³-hybridized carbons (Fsp3) is 0.500. The molecule has 0 aromatic heterocycles. The lowest BCUT2D eigenvalue weighted by molar-refractivity contribution is -0.129. The van der Waals surface area contributed by atoms with Crippen LogP contribution in [0.5, 0.6) is 5.75 Å². The summed E-state index contributed by atoms with van der Waals surface area (Å²) in [5.41, 5.74) is 2.29. The third-order valence-corrected chi connectivity index (χ3v) is 3.55. The Morgan fingerprint density at radius 3 is 2.94 bits per heavy atom. The summed E-state index contributed by atoms with van der Waals surface area (Å²) in [4.78, 5) is 13.3. The number of hydrogen-bond acceptors (Lipinski definition) is 3. The monoisotopic (exact) mass is 249 g/mol. The van der Waals surface area contributed by atoms with Crippen molar-refractivity contribution in [3.63, 3.8) is 0 Å². The number of carbonyl (C=O) groups is 1. The van der Waals surface area contributed by atoms with Crippen LogP contribution in [0.4, 0.5) is 0 Å². The van der Waals surface area contributed by atoms with E-state index in [9.17, 15) is 9.90 Å². The number of aliphatic hydroxyl groups is 1. The van der Waals surface area contributed by atoms with Gasteiger partial charge in [0.1, 0.15) is 5.75 Å². The number of aliphatic hydroxyl groups excluding tert-OH is 1. The molecule has 1 aliphatic rings. The van der Waals surface area contributed by atoms with Gasteiger partial charge in [-0.25, -0.2) is 0 Å². The Kier molecular flexibility index (Phi) is 3.87. The minimum Gasteiger partial charge on any atom is -0.497 e. The highest BCUT2D eigenvalue weighted by Crippen LogP contribution is 2.28. The number of nitrogens with zero attached hydrogens (tertiary/aromatic N) is 1. The second-order valence-corrected chi connectivity index (χ2v) is 4.66. The van der Waals surface area contributed by atoms with Crippen molar-refractivity contribution in [2.24, 2.45) is 0 Å². The largest absolute Gasteiger partial charge is 0.497 e. The molecule has 0 bridgehead atoms. The molecule has 0 saturated carbocycles. The van der Waals surface area contributed by atoms with E-state index in [-0.39, 0.29) is 18.4 Å². The first kappa shape index (κ1) is 12.9. The van der Waals surface area contributed by atoms with Crippen molar-refractivity contribution in [2.45, 2.75) is 19.3 Å². The zero-order chi connectivity index (χ0) is 13.1. The lowest BCUT2D eigenvalue weighted by Crippen LogP contribution is -2.33. The SMILES string of the molecule is COc1ccc2c(c1)CCN(C(C)=O)CC2CO. The fourth-order valence-corrected chi connectivity index (χ4v) is 2.48. The molecule has 1 amide bonds. The molecule has 1 heterocycles. The van der Waals surface area contributed by atoms with Crippen LogP contribution in [-0.2, 0) is 11.2 Å². The van der Waals surface area contributed by atoms with Crippen molar-refractivity contribution in [1.29, 1.82) is 0 Å². The van der Waals surface area contributed by atoms with E-state index in [1.165, 1.54) is 0 Å². The van der Waals surface area contributed by atoms with Crippen molar-refractivity contribution in [2.75, 3.05) is 26.8 Å². The molecule has 0 fully saturated rings. The Balaban J connectivity index is 2.34. The molecular weight excluding hydrogens is 230 g/mol. The van der Waals surface area contributed by atoms with Gasteiger partial charge in [0.25, 0.3) is 0 Å². The maximum Gasteiger partial charge on any atom is 0.219 e. The van der Waals surface area contributed by atoms with E-state index in [2.05, 4.69) is 0 Å². The van der Waals surface area contributed by atoms with Crippen LogP contribution in [0.3, 0.4) is 0 Å². The summed E-state index contributed by atoms with van der Waals surface area (Å²) in [7, 11) is 1.64. The molecule has 1 atom stereocenters. The number of fused-ring (bicyclic) bond motifs is 1. The summed E-state index contributed by atoms with van der Waals surface area (Å²) in [6, 6.07) is 5.91. The van der Waals surface area contributed by atoms with Gasteiger partial charge in [0.15, 0.2) is 0 Å².